The zero-order valence-electron chi connectivity index (χ0n) is 13.6. The van der Waals surface area contributed by atoms with E-state index in [1.807, 2.05) is 0 Å². The van der Waals surface area contributed by atoms with Crippen molar-refractivity contribution in [2.45, 2.75) is 50.9 Å². The molecule has 1 aromatic carbocycles. The Labute approximate surface area is 130 Å². The molecule has 1 aromatic rings. The molecule has 1 heterocycles. The van der Waals surface area contributed by atoms with Crippen LogP contribution < -0.4 is 0 Å². The first-order valence-electron chi connectivity index (χ1n) is 7.55. The molecule has 1 unspecified atom stereocenters. The summed E-state index contributed by atoms with van der Waals surface area (Å²) in [6, 6.07) is 5.89. The van der Waals surface area contributed by atoms with Crippen molar-refractivity contribution in [2.75, 3.05) is 20.3 Å². The van der Waals surface area contributed by atoms with Gasteiger partial charge in [-0.3, -0.25) is 4.90 Å². The van der Waals surface area contributed by atoms with Gasteiger partial charge in [0.05, 0.1) is 12.2 Å². The number of rotatable bonds is 3. The zero-order chi connectivity index (χ0) is 16.5. The van der Waals surface area contributed by atoms with Crippen LogP contribution in [-0.4, -0.2) is 36.7 Å². The van der Waals surface area contributed by atoms with Gasteiger partial charge in [-0.25, -0.2) is 0 Å². The Kier molecular flexibility index (Phi) is 4.87. The minimum absolute atomic E-state index is 0.0177. The van der Waals surface area contributed by atoms with Gasteiger partial charge in [-0.2, -0.15) is 13.2 Å². The molecule has 0 aromatic heterocycles. The lowest BCUT2D eigenvalue weighted by Crippen LogP contribution is -2.46. The van der Waals surface area contributed by atoms with Crippen LogP contribution in [0.15, 0.2) is 24.3 Å². The van der Waals surface area contributed by atoms with E-state index in [1.165, 1.54) is 12.1 Å². The number of hydrogen-bond donors (Lipinski definition) is 0. The van der Waals surface area contributed by atoms with Gasteiger partial charge < -0.3 is 4.74 Å². The number of nitrogens with zero attached hydrogens (tertiary/aromatic N) is 1. The molecular weight excluding hydrogens is 291 g/mol. The van der Waals surface area contributed by atoms with E-state index in [9.17, 15) is 13.2 Å². The first kappa shape index (κ1) is 17.3. The molecule has 2 rings (SSSR count). The summed E-state index contributed by atoms with van der Waals surface area (Å²) in [5.74, 6) is 0.252. The Morgan fingerprint density at radius 3 is 2.18 bits per heavy atom. The lowest BCUT2D eigenvalue weighted by molar-refractivity contribution is -0.137. The van der Waals surface area contributed by atoms with Crippen molar-refractivity contribution in [2.24, 2.45) is 0 Å². The Bertz CT molecular complexity index is 490. The second-order valence-corrected chi connectivity index (χ2v) is 6.98. The zero-order valence-corrected chi connectivity index (χ0v) is 13.6. The summed E-state index contributed by atoms with van der Waals surface area (Å²) in [6.45, 7) is 7.97. The van der Waals surface area contributed by atoms with Crippen molar-refractivity contribution in [3.63, 3.8) is 0 Å². The third-order valence-electron chi connectivity index (χ3n) is 4.34. The molecule has 0 spiro atoms. The molecule has 0 saturated carbocycles. The lowest BCUT2D eigenvalue weighted by atomic mass is 9.95. The van der Waals surface area contributed by atoms with Crippen LogP contribution in [0.5, 0.6) is 0 Å². The van der Waals surface area contributed by atoms with Gasteiger partial charge in [-0.15, -0.1) is 0 Å². The summed E-state index contributed by atoms with van der Waals surface area (Å²) in [5, 5.41) is 0. The van der Waals surface area contributed by atoms with E-state index in [-0.39, 0.29) is 11.5 Å². The van der Waals surface area contributed by atoms with E-state index in [2.05, 4.69) is 25.7 Å². The van der Waals surface area contributed by atoms with Crippen LogP contribution in [0.3, 0.4) is 0 Å². The van der Waals surface area contributed by atoms with Gasteiger partial charge in [0.2, 0.25) is 0 Å². The Morgan fingerprint density at radius 1 is 1.14 bits per heavy atom. The third-order valence-corrected chi connectivity index (χ3v) is 4.34. The smallest absolute Gasteiger partial charge is 0.383 e. The van der Waals surface area contributed by atoms with E-state index < -0.39 is 11.7 Å². The molecule has 22 heavy (non-hydrogen) atoms. The lowest BCUT2D eigenvalue weighted by Gasteiger charge is -2.36. The highest BCUT2D eigenvalue weighted by atomic mass is 19.4. The minimum Gasteiger partial charge on any atom is -0.383 e. The standard InChI is InChI=1S/C17H24F3NO/c1-16(2,3)21-10-13(9-15(21)11-22-4)12-5-7-14(8-6-12)17(18,19)20/h5-8,13,15H,9-11H2,1-4H3/t13?,15-/m1/s1. The molecule has 1 fully saturated rings. The van der Waals surface area contributed by atoms with E-state index in [1.54, 1.807) is 19.2 Å². The molecule has 1 aliphatic rings. The SMILES string of the molecule is COC[C@H]1CC(c2ccc(C(F)(F)F)cc2)CN1C(C)(C)C. The molecule has 1 saturated heterocycles. The highest BCUT2D eigenvalue weighted by molar-refractivity contribution is 5.28. The monoisotopic (exact) mass is 315 g/mol. The molecule has 2 atom stereocenters. The van der Waals surface area contributed by atoms with Crippen molar-refractivity contribution in [1.29, 1.82) is 0 Å². The Balaban J connectivity index is 2.16. The maximum absolute atomic E-state index is 12.7. The summed E-state index contributed by atoms with van der Waals surface area (Å²) in [5.41, 5.74) is 0.403. The second kappa shape index (κ2) is 6.20. The van der Waals surface area contributed by atoms with Crippen LogP contribution in [0.2, 0.25) is 0 Å². The maximum atomic E-state index is 12.7. The molecule has 0 amide bonds. The van der Waals surface area contributed by atoms with Crippen LogP contribution in [0, 0.1) is 0 Å². The van der Waals surface area contributed by atoms with Crippen molar-refractivity contribution in [3.05, 3.63) is 35.4 Å². The fourth-order valence-corrected chi connectivity index (χ4v) is 3.27. The van der Waals surface area contributed by atoms with Crippen molar-refractivity contribution >= 4 is 0 Å². The molecule has 0 N–H and O–H groups in total. The number of hydrogen-bond acceptors (Lipinski definition) is 2. The topological polar surface area (TPSA) is 12.5 Å². The Morgan fingerprint density at radius 2 is 1.73 bits per heavy atom. The summed E-state index contributed by atoms with van der Waals surface area (Å²) < 4.78 is 43.3. The van der Waals surface area contributed by atoms with Crippen LogP contribution in [0.25, 0.3) is 0 Å². The number of alkyl halides is 3. The first-order chi connectivity index (χ1) is 10.1. The van der Waals surface area contributed by atoms with Crippen molar-refractivity contribution < 1.29 is 17.9 Å². The predicted octanol–water partition coefficient (Wildman–Crippen LogP) is 4.31. The van der Waals surface area contributed by atoms with E-state index >= 15 is 0 Å². The van der Waals surface area contributed by atoms with Gasteiger partial charge in [0.15, 0.2) is 0 Å². The van der Waals surface area contributed by atoms with Crippen molar-refractivity contribution in [1.82, 2.24) is 4.90 Å². The minimum atomic E-state index is -4.27. The van der Waals surface area contributed by atoms with Gasteiger partial charge in [0, 0.05) is 25.2 Å². The number of benzene rings is 1. The van der Waals surface area contributed by atoms with E-state index in [0.29, 0.717) is 12.6 Å². The van der Waals surface area contributed by atoms with Gasteiger partial charge >= 0.3 is 6.18 Å². The molecule has 1 aliphatic heterocycles. The predicted molar refractivity (Wildman–Crippen MR) is 80.9 cm³/mol. The largest absolute Gasteiger partial charge is 0.416 e. The molecule has 5 heteroatoms. The van der Waals surface area contributed by atoms with Crippen LogP contribution in [0.4, 0.5) is 13.2 Å². The Hall–Kier alpha value is -1.07. The van der Waals surface area contributed by atoms with Crippen LogP contribution in [-0.2, 0) is 10.9 Å². The average molecular weight is 315 g/mol. The molecule has 124 valence electrons. The van der Waals surface area contributed by atoms with E-state index in [0.717, 1.165) is 18.5 Å². The number of methoxy groups -OCH3 is 1. The van der Waals surface area contributed by atoms with Gasteiger partial charge in [-0.05, 0) is 50.8 Å². The third kappa shape index (κ3) is 3.82. The van der Waals surface area contributed by atoms with Crippen molar-refractivity contribution in [3.8, 4) is 0 Å². The summed E-state index contributed by atoms with van der Waals surface area (Å²) in [7, 11) is 1.69. The molecule has 0 radical (unpaired) electrons. The second-order valence-electron chi connectivity index (χ2n) is 6.98. The summed E-state index contributed by atoms with van der Waals surface area (Å²) in [4.78, 5) is 2.39. The highest BCUT2D eigenvalue weighted by Gasteiger charge is 2.39. The normalized spacial score (nSPS) is 24.0. The number of ether oxygens (including phenoxy) is 1. The average Bonchev–Trinajstić information content (AvgIpc) is 2.82. The molecule has 2 nitrogen and oxygen atoms in total. The molecule has 0 aliphatic carbocycles. The number of halogens is 3. The molecule has 0 bridgehead atoms. The van der Waals surface area contributed by atoms with Crippen LogP contribution >= 0.6 is 0 Å². The quantitative estimate of drug-likeness (QED) is 0.824. The summed E-state index contributed by atoms with van der Waals surface area (Å²) >= 11 is 0. The fourth-order valence-electron chi connectivity index (χ4n) is 3.27. The molecular formula is C17H24F3NO. The van der Waals surface area contributed by atoms with Gasteiger partial charge in [0.1, 0.15) is 0 Å². The van der Waals surface area contributed by atoms with E-state index in [4.69, 9.17) is 4.74 Å². The maximum Gasteiger partial charge on any atom is 0.416 e. The number of likely N-dealkylation sites (tertiary alicyclic amines) is 1. The van der Waals surface area contributed by atoms with Crippen LogP contribution in [0.1, 0.15) is 44.2 Å². The first-order valence-corrected chi connectivity index (χ1v) is 7.55. The fraction of sp³-hybridized carbons (Fsp3) is 0.647. The highest BCUT2D eigenvalue weighted by Crippen LogP contribution is 2.37. The summed E-state index contributed by atoms with van der Waals surface area (Å²) in [6.07, 6.45) is -3.36. The van der Waals surface area contributed by atoms with Gasteiger partial charge in [0.25, 0.3) is 0 Å². The van der Waals surface area contributed by atoms with Gasteiger partial charge in [-0.1, -0.05) is 12.1 Å².